The van der Waals surface area contributed by atoms with Gasteiger partial charge in [0.1, 0.15) is 36.0 Å². The quantitative estimate of drug-likeness (QED) is 0.0443. The summed E-state index contributed by atoms with van der Waals surface area (Å²) in [6, 6.07) is 0.613. The maximum atomic E-state index is 14.1. The molecule has 1 heterocycles. The molecular formula is C40H67N9O8. The second-order valence-electron chi connectivity index (χ2n) is 16.6. The van der Waals surface area contributed by atoms with Gasteiger partial charge in [-0.05, 0) is 94.6 Å². The van der Waals surface area contributed by atoms with Crippen molar-refractivity contribution in [2.45, 2.75) is 129 Å². The van der Waals surface area contributed by atoms with Gasteiger partial charge in [0.15, 0.2) is 5.96 Å². The molecule has 0 unspecified atom stereocenters. The summed E-state index contributed by atoms with van der Waals surface area (Å²) in [6.07, 6.45) is 4.28. The number of hydrogen-bond donors (Lipinski definition) is 8. The molecule has 1 aliphatic heterocycles. The lowest BCUT2D eigenvalue weighted by Gasteiger charge is -2.33. The highest BCUT2D eigenvalue weighted by Gasteiger charge is 2.40. The standard InChI is InChI=1S/C40H67N9O8/c1-25(2)23-30(38(56)57)46-36(54)33(40(3,4)5)47-34(52)29(24-26-16-18-27(50)19-17-26)45-35(53)31-14-12-22-49(31)37(55)28(13-11-20-43-39(41)42)44-32(51)15-9-8-10-21-48(6)7/h16-19,25,28-31,33,50H,8-15,20-24H2,1-7H3,(H,44,51)(H,45,53)(H,46,54)(H,47,52)(H,56,57)(H4,41,42,43)/t28-,29-,30-,31-,33+/m0/s1. The number of nitrogens with one attached hydrogen (secondary N) is 4. The predicted octanol–water partition coefficient (Wildman–Crippen LogP) is 1.22. The van der Waals surface area contributed by atoms with Crippen molar-refractivity contribution in [3.8, 4) is 5.75 Å². The molecule has 0 aromatic heterocycles. The van der Waals surface area contributed by atoms with Gasteiger partial charge in [0.2, 0.25) is 29.5 Å². The molecule has 0 aliphatic carbocycles. The van der Waals surface area contributed by atoms with Crippen LogP contribution in [0.4, 0.5) is 0 Å². The number of aliphatic carboxylic acids is 1. The topological polar surface area (TPSA) is 262 Å². The van der Waals surface area contributed by atoms with Crippen molar-refractivity contribution < 1.29 is 39.0 Å². The summed E-state index contributed by atoms with van der Waals surface area (Å²) in [7, 11) is 3.97. The Morgan fingerprint density at radius 1 is 0.895 bits per heavy atom. The molecule has 1 aliphatic rings. The Balaban J connectivity index is 2.33. The second kappa shape index (κ2) is 23.3. The van der Waals surface area contributed by atoms with Crippen LogP contribution >= 0.6 is 0 Å². The van der Waals surface area contributed by atoms with Crippen molar-refractivity contribution in [2.75, 3.05) is 33.7 Å². The van der Waals surface area contributed by atoms with Crippen LogP contribution in [0.3, 0.4) is 0 Å². The van der Waals surface area contributed by atoms with E-state index in [-0.39, 0.29) is 62.3 Å². The Morgan fingerprint density at radius 2 is 1.56 bits per heavy atom. The van der Waals surface area contributed by atoms with E-state index < -0.39 is 65.2 Å². The number of amides is 5. The molecule has 1 saturated heterocycles. The third-order valence-corrected chi connectivity index (χ3v) is 9.67. The van der Waals surface area contributed by atoms with Crippen LogP contribution in [-0.2, 0) is 35.2 Å². The van der Waals surface area contributed by atoms with Crippen LogP contribution in [-0.4, -0.2) is 125 Å². The van der Waals surface area contributed by atoms with Gasteiger partial charge in [0.25, 0.3) is 0 Å². The Hall–Kier alpha value is -4.93. The minimum Gasteiger partial charge on any atom is -0.508 e. The number of carbonyl (C=O) groups is 6. The van der Waals surface area contributed by atoms with Crippen LogP contribution in [0.5, 0.6) is 5.75 Å². The lowest BCUT2D eigenvalue weighted by molar-refractivity contribution is -0.143. The molecule has 1 aromatic carbocycles. The SMILES string of the molecule is CC(C)C[C@H](NC(=O)[C@@H](NC(=O)[C@H](Cc1ccc(O)cc1)NC(=O)[C@@H]1CCCN1C(=O)[C@H](CCCN=C(N)N)NC(=O)CCCCCN(C)C)C(C)(C)C)C(=O)O. The predicted molar refractivity (Wildman–Crippen MR) is 218 cm³/mol. The normalized spacial score (nSPS) is 16.3. The third kappa shape index (κ3) is 17.4. The Bertz CT molecular complexity index is 1520. The molecule has 57 heavy (non-hydrogen) atoms. The van der Waals surface area contributed by atoms with Crippen molar-refractivity contribution in [3.05, 3.63) is 29.8 Å². The zero-order chi connectivity index (χ0) is 42.9. The molecule has 1 aromatic rings. The number of unbranched alkanes of at least 4 members (excludes halogenated alkanes) is 2. The van der Waals surface area contributed by atoms with Gasteiger partial charge in [-0.1, -0.05) is 53.2 Å². The number of benzene rings is 1. The molecule has 0 radical (unpaired) electrons. The maximum Gasteiger partial charge on any atom is 0.326 e. The average molecular weight is 802 g/mol. The number of aliphatic imine (C=N–C) groups is 1. The highest BCUT2D eigenvalue weighted by molar-refractivity contribution is 5.96. The summed E-state index contributed by atoms with van der Waals surface area (Å²) in [5.74, 6) is -4.00. The molecule has 0 spiro atoms. The Labute approximate surface area is 337 Å². The molecule has 0 saturated carbocycles. The monoisotopic (exact) mass is 802 g/mol. The van der Waals surface area contributed by atoms with Crippen molar-refractivity contribution >= 4 is 41.5 Å². The number of hydrogen-bond acceptors (Lipinski definition) is 9. The number of carboxylic acid groups (broad SMARTS) is 1. The van der Waals surface area contributed by atoms with Crippen molar-refractivity contribution in [1.29, 1.82) is 0 Å². The largest absolute Gasteiger partial charge is 0.508 e. The molecule has 5 amide bonds. The van der Waals surface area contributed by atoms with E-state index in [2.05, 4.69) is 31.2 Å². The first-order chi connectivity index (χ1) is 26.7. The number of aromatic hydroxyl groups is 1. The van der Waals surface area contributed by atoms with E-state index in [1.54, 1.807) is 32.9 Å². The van der Waals surface area contributed by atoms with Crippen LogP contribution in [0.1, 0.15) is 98.0 Å². The van der Waals surface area contributed by atoms with E-state index in [4.69, 9.17) is 11.5 Å². The number of carbonyl (C=O) groups excluding carboxylic acids is 5. The number of phenolic OH excluding ortho intramolecular Hbond substituents is 1. The number of nitrogens with two attached hydrogens (primary N) is 2. The summed E-state index contributed by atoms with van der Waals surface area (Å²) in [5, 5.41) is 30.6. The number of likely N-dealkylation sites (tertiary alicyclic amines) is 1. The van der Waals surface area contributed by atoms with Gasteiger partial charge >= 0.3 is 5.97 Å². The van der Waals surface area contributed by atoms with Crippen LogP contribution in [0.25, 0.3) is 0 Å². The van der Waals surface area contributed by atoms with Gasteiger partial charge in [0, 0.05) is 25.9 Å². The van der Waals surface area contributed by atoms with E-state index in [0.717, 1.165) is 19.4 Å². The van der Waals surface area contributed by atoms with Gasteiger partial charge in [-0.2, -0.15) is 0 Å². The lowest BCUT2D eigenvalue weighted by atomic mass is 9.85. The van der Waals surface area contributed by atoms with Gasteiger partial charge < -0.3 is 52.7 Å². The lowest BCUT2D eigenvalue weighted by Crippen LogP contribution is -2.61. The molecule has 17 nitrogen and oxygen atoms in total. The van der Waals surface area contributed by atoms with Gasteiger partial charge in [-0.25, -0.2) is 4.79 Å². The molecular weight excluding hydrogens is 734 g/mol. The first kappa shape index (κ1) is 48.2. The molecule has 1 fully saturated rings. The molecule has 2 rings (SSSR count). The molecule has 10 N–H and O–H groups in total. The number of carboxylic acids is 1. The molecule has 17 heteroatoms. The summed E-state index contributed by atoms with van der Waals surface area (Å²) in [4.78, 5) is 88.3. The molecule has 320 valence electrons. The van der Waals surface area contributed by atoms with E-state index in [1.165, 1.54) is 17.0 Å². The highest BCUT2D eigenvalue weighted by Crippen LogP contribution is 2.23. The first-order valence-corrected chi connectivity index (χ1v) is 19.9. The van der Waals surface area contributed by atoms with Gasteiger partial charge in [0.05, 0.1) is 0 Å². The van der Waals surface area contributed by atoms with Crippen molar-refractivity contribution in [3.63, 3.8) is 0 Å². The Morgan fingerprint density at radius 3 is 2.14 bits per heavy atom. The molecule has 5 atom stereocenters. The van der Waals surface area contributed by atoms with E-state index in [9.17, 15) is 39.0 Å². The van der Waals surface area contributed by atoms with Crippen molar-refractivity contribution in [2.24, 2.45) is 27.8 Å². The first-order valence-electron chi connectivity index (χ1n) is 19.9. The average Bonchev–Trinajstić information content (AvgIpc) is 3.61. The maximum absolute atomic E-state index is 14.1. The van der Waals surface area contributed by atoms with Crippen LogP contribution in [0.15, 0.2) is 29.3 Å². The second-order valence-corrected chi connectivity index (χ2v) is 16.6. The minimum absolute atomic E-state index is 0.00650. The van der Waals surface area contributed by atoms with Crippen LogP contribution in [0.2, 0.25) is 0 Å². The fraction of sp³-hybridized carbons (Fsp3) is 0.675. The van der Waals surface area contributed by atoms with E-state index in [0.29, 0.717) is 31.2 Å². The van der Waals surface area contributed by atoms with Gasteiger partial charge in [-0.15, -0.1) is 0 Å². The summed E-state index contributed by atoms with van der Waals surface area (Å²) in [6.45, 7) is 10.2. The summed E-state index contributed by atoms with van der Waals surface area (Å²) < 4.78 is 0. The van der Waals surface area contributed by atoms with E-state index in [1.807, 2.05) is 27.9 Å². The van der Waals surface area contributed by atoms with Gasteiger partial charge in [-0.3, -0.25) is 29.0 Å². The fourth-order valence-electron chi connectivity index (χ4n) is 6.63. The number of phenols is 1. The third-order valence-electron chi connectivity index (χ3n) is 9.67. The smallest absolute Gasteiger partial charge is 0.326 e. The zero-order valence-corrected chi connectivity index (χ0v) is 34.8. The minimum atomic E-state index is -1.23. The van der Waals surface area contributed by atoms with Crippen molar-refractivity contribution in [1.82, 2.24) is 31.1 Å². The molecule has 0 bridgehead atoms. The van der Waals surface area contributed by atoms with Crippen LogP contribution < -0.4 is 32.7 Å². The highest BCUT2D eigenvalue weighted by atomic mass is 16.4. The summed E-state index contributed by atoms with van der Waals surface area (Å²) >= 11 is 0. The summed E-state index contributed by atoms with van der Waals surface area (Å²) in [5.41, 5.74) is 10.7. The zero-order valence-electron chi connectivity index (χ0n) is 34.8. The number of nitrogens with zero attached hydrogens (tertiary/aromatic N) is 3. The number of rotatable bonds is 23. The fourth-order valence-corrected chi connectivity index (χ4v) is 6.63. The van der Waals surface area contributed by atoms with Crippen LogP contribution in [0, 0.1) is 11.3 Å². The number of guanidine groups is 1. The Kier molecular flexibility index (Phi) is 19.7. The van der Waals surface area contributed by atoms with E-state index >= 15 is 0 Å².